The number of nitrogen functional groups attached to an aromatic ring is 1. The molecule has 2 N–H and O–H groups in total. The molecule has 108 valence electrons. The maximum atomic E-state index is 5.94. The first-order chi connectivity index (χ1) is 8.89. The molecular weight excluding hydrogens is 258 g/mol. The molecule has 1 fully saturated rings. The topological polar surface area (TPSA) is 51.4 Å². The second-order valence-corrected chi connectivity index (χ2v) is 7.13. The minimum absolute atomic E-state index is 0.126. The van der Waals surface area contributed by atoms with Crippen LogP contribution in [0.25, 0.3) is 0 Å². The van der Waals surface area contributed by atoms with Crippen LogP contribution in [0.3, 0.4) is 0 Å². The average Bonchev–Trinajstić information content (AvgIpc) is 2.55. The molecule has 0 aromatic carbocycles. The van der Waals surface area contributed by atoms with E-state index in [-0.39, 0.29) is 6.10 Å². The Morgan fingerprint density at radius 2 is 2.05 bits per heavy atom. The van der Waals surface area contributed by atoms with E-state index in [2.05, 4.69) is 23.1 Å². The Balaban J connectivity index is 2.17. The highest BCUT2D eigenvalue weighted by Crippen LogP contribution is 2.41. The lowest BCUT2D eigenvalue weighted by atomic mass is 9.85. The van der Waals surface area contributed by atoms with Gasteiger partial charge in [-0.3, -0.25) is 0 Å². The number of rotatable bonds is 3. The van der Waals surface area contributed by atoms with Gasteiger partial charge >= 0.3 is 0 Å². The third-order valence-electron chi connectivity index (χ3n) is 3.64. The van der Waals surface area contributed by atoms with Crippen molar-refractivity contribution in [3.05, 3.63) is 0 Å². The Hall–Kier alpha value is -0.970. The number of hydrogen-bond donors (Lipinski definition) is 1. The zero-order valence-corrected chi connectivity index (χ0v) is 13.2. The summed E-state index contributed by atoms with van der Waals surface area (Å²) in [7, 11) is 0. The van der Waals surface area contributed by atoms with E-state index in [4.69, 9.17) is 10.5 Å². The van der Waals surface area contributed by atoms with Crippen LogP contribution in [-0.4, -0.2) is 23.6 Å². The minimum atomic E-state index is 0.126. The highest BCUT2D eigenvalue weighted by molar-refractivity contribution is 7.11. The molecule has 5 heteroatoms. The van der Waals surface area contributed by atoms with E-state index in [0.717, 1.165) is 23.8 Å². The van der Waals surface area contributed by atoms with Crippen LogP contribution in [0.5, 0.6) is 5.75 Å². The lowest BCUT2D eigenvalue weighted by Crippen LogP contribution is -2.25. The Labute approximate surface area is 120 Å². The summed E-state index contributed by atoms with van der Waals surface area (Å²) in [5, 5.41) is 1.10. The van der Waals surface area contributed by atoms with Crippen LogP contribution in [0.4, 0.5) is 10.8 Å². The molecule has 19 heavy (non-hydrogen) atoms. The molecule has 0 atom stereocenters. The van der Waals surface area contributed by atoms with Gasteiger partial charge in [0.05, 0.1) is 6.10 Å². The summed E-state index contributed by atoms with van der Waals surface area (Å²) in [5.74, 6) is 1.30. The van der Waals surface area contributed by atoms with Crippen LogP contribution in [0.15, 0.2) is 0 Å². The minimum Gasteiger partial charge on any atom is -0.484 e. The number of nitrogens with zero attached hydrogens (tertiary/aromatic N) is 2. The van der Waals surface area contributed by atoms with Crippen LogP contribution in [0.1, 0.15) is 47.0 Å². The zero-order valence-electron chi connectivity index (χ0n) is 12.4. The molecule has 1 aliphatic rings. The highest BCUT2D eigenvalue weighted by Gasteiger charge is 2.26. The van der Waals surface area contributed by atoms with Gasteiger partial charge in [0.25, 0.3) is 0 Å². The molecular formula is C14H25N3OS. The van der Waals surface area contributed by atoms with E-state index in [9.17, 15) is 0 Å². The molecule has 0 bridgehead atoms. The van der Waals surface area contributed by atoms with Crippen LogP contribution in [0.2, 0.25) is 0 Å². The molecule has 1 aliphatic heterocycles. The maximum absolute atomic E-state index is 5.94. The summed E-state index contributed by atoms with van der Waals surface area (Å²) < 4.78 is 10.1. The second-order valence-electron chi connectivity index (χ2n) is 6.37. The van der Waals surface area contributed by atoms with Gasteiger partial charge < -0.3 is 15.4 Å². The quantitative estimate of drug-likeness (QED) is 0.922. The summed E-state index contributed by atoms with van der Waals surface area (Å²) in [6.07, 6.45) is 3.82. The Morgan fingerprint density at radius 1 is 1.32 bits per heavy atom. The van der Waals surface area contributed by atoms with Crippen molar-refractivity contribution in [1.82, 2.24) is 4.37 Å². The van der Waals surface area contributed by atoms with E-state index >= 15 is 0 Å². The molecule has 1 aromatic heterocycles. The van der Waals surface area contributed by atoms with E-state index in [1.807, 2.05) is 13.8 Å². The van der Waals surface area contributed by atoms with Crippen molar-refractivity contribution in [2.24, 2.45) is 5.41 Å². The molecule has 4 nitrogen and oxygen atoms in total. The number of ether oxygens (including phenoxy) is 1. The van der Waals surface area contributed by atoms with Gasteiger partial charge in [-0.05, 0) is 50.1 Å². The van der Waals surface area contributed by atoms with Gasteiger partial charge in [-0.2, -0.15) is 4.37 Å². The lowest BCUT2D eigenvalue weighted by molar-refractivity contribution is 0.244. The summed E-state index contributed by atoms with van der Waals surface area (Å²) in [6, 6.07) is 0. The van der Waals surface area contributed by atoms with Gasteiger partial charge in [-0.1, -0.05) is 13.8 Å². The first-order valence-corrected chi connectivity index (χ1v) is 7.83. The monoisotopic (exact) mass is 283 g/mol. The molecule has 2 heterocycles. The second kappa shape index (κ2) is 5.57. The molecule has 0 aliphatic carbocycles. The molecule has 0 unspecified atom stereocenters. The lowest BCUT2D eigenvalue weighted by Gasteiger charge is -2.24. The van der Waals surface area contributed by atoms with Crippen molar-refractivity contribution in [2.45, 2.75) is 53.1 Å². The van der Waals surface area contributed by atoms with Crippen molar-refractivity contribution in [1.29, 1.82) is 0 Å². The SMILES string of the molecule is CC(C)Oc1c(N)nsc1N1CCCC(C)(C)CC1. The zero-order chi connectivity index (χ0) is 14.0. The molecule has 0 radical (unpaired) electrons. The Morgan fingerprint density at radius 3 is 2.74 bits per heavy atom. The average molecular weight is 283 g/mol. The maximum Gasteiger partial charge on any atom is 0.198 e. The van der Waals surface area contributed by atoms with E-state index in [1.165, 1.54) is 30.8 Å². The van der Waals surface area contributed by atoms with E-state index < -0.39 is 0 Å². The first kappa shape index (κ1) is 14.4. The fourth-order valence-electron chi connectivity index (χ4n) is 2.46. The summed E-state index contributed by atoms with van der Waals surface area (Å²) in [5.41, 5.74) is 6.37. The van der Waals surface area contributed by atoms with Crippen molar-refractivity contribution in [3.63, 3.8) is 0 Å². The van der Waals surface area contributed by atoms with Crippen LogP contribution in [0, 0.1) is 5.41 Å². The van der Waals surface area contributed by atoms with Gasteiger partial charge in [0.15, 0.2) is 16.6 Å². The van der Waals surface area contributed by atoms with Crippen molar-refractivity contribution in [2.75, 3.05) is 23.7 Å². The smallest absolute Gasteiger partial charge is 0.198 e. The molecule has 0 amide bonds. The van der Waals surface area contributed by atoms with Gasteiger partial charge in [0.1, 0.15) is 0 Å². The largest absolute Gasteiger partial charge is 0.484 e. The highest BCUT2D eigenvalue weighted by atomic mass is 32.1. The molecule has 1 aromatic rings. The fourth-order valence-corrected chi connectivity index (χ4v) is 3.26. The van der Waals surface area contributed by atoms with Crippen LogP contribution in [-0.2, 0) is 0 Å². The van der Waals surface area contributed by atoms with Crippen LogP contribution < -0.4 is 15.4 Å². The molecule has 0 spiro atoms. The first-order valence-electron chi connectivity index (χ1n) is 7.06. The van der Waals surface area contributed by atoms with Gasteiger partial charge in [-0.25, -0.2) is 0 Å². The molecule has 0 saturated carbocycles. The number of hydrogen-bond acceptors (Lipinski definition) is 5. The summed E-state index contributed by atoms with van der Waals surface area (Å²) >= 11 is 1.46. The van der Waals surface area contributed by atoms with Crippen molar-refractivity contribution < 1.29 is 4.74 Å². The third-order valence-corrected chi connectivity index (χ3v) is 4.54. The predicted octanol–water partition coefficient (Wildman–Crippen LogP) is 3.53. The fraction of sp³-hybridized carbons (Fsp3) is 0.786. The number of aromatic nitrogens is 1. The standard InChI is InChI=1S/C14H25N3OS/c1-10(2)18-11-12(15)16-19-13(11)17-8-5-6-14(3,4)7-9-17/h10H,5-9H2,1-4H3,(H2,15,16). The number of nitrogens with two attached hydrogens (primary N) is 1. The normalized spacial score (nSPS) is 19.5. The Kier molecular flexibility index (Phi) is 4.23. The van der Waals surface area contributed by atoms with Gasteiger partial charge in [-0.15, -0.1) is 0 Å². The van der Waals surface area contributed by atoms with Crippen molar-refractivity contribution >= 4 is 22.4 Å². The third kappa shape index (κ3) is 3.53. The molecule has 2 rings (SSSR count). The van der Waals surface area contributed by atoms with E-state index in [1.54, 1.807) is 0 Å². The summed E-state index contributed by atoms with van der Waals surface area (Å²) in [4.78, 5) is 2.39. The summed E-state index contributed by atoms with van der Waals surface area (Å²) in [6.45, 7) is 10.9. The predicted molar refractivity (Wildman–Crippen MR) is 82.1 cm³/mol. The molecule has 1 saturated heterocycles. The van der Waals surface area contributed by atoms with Crippen LogP contribution >= 0.6 is 11.5 Å². The van der Waals surface area contributed by atoms with Gasteiger partial charge in [0.2, 0.25) is 0 Å². The van der Waals surface area contributed by atoms with Gasteiger partial charge in [0, 0.05) is 13.1 Å². The van der Waals surface area contributed by atoms with Crippen molar-refractivity contribution in [3.8, 4) is 5.75 Å². The number of anilines is 2. The Bertz CT molecular complexity index is 428. The van der Waals surface area contributed by atoms with E-state index in [0.29, 0.717) is 11.2 Å².